The van der Waals surface area contributed by atoms with Gasteiger partial charge in [-0.2, -0.15) is 0 Å². The fraction of sp³-hybridized carbons (Fsp3) is 0.364. The van der Waals surface area contributed by atoms with Crippen LogP contribution in [0.1, 0.15) is 21.5 Å². The number of hydrogen-bond acceptors (Lipinski definition) is 3. The van der Waals surface area contributed by atoms with Crippen molar-refractivity contribution in [3.63, 3.8) is 0 Å². The Kier molecular flexibility index (Phi) is 6.31. The molecule has 0 atom stereocenters. The fourth-order valence-corrected chi connectivity index (χ4v) is 3.60. The van der Waals surface area contributed by atoms with Gasteiger partial charge in [-0.1, -0.05) is 12.1 Å². The van der Waals surface area contributed by atoms with Gasteiger partial charge in [-0.05, 0) is 55.3 Å². The van der Waals surface area contributed by atoms with E-state index >= 15 is 0 Å². The molecule has 0 bridgehead atoms. The third-order valence-electron chi connectivity index (χ3n) is 5.46. The number of nitrogens with one attached hydrogen (secondary N) is 3. The molecule has 2 amide bonds. The van der Waals surface area contributed by atoms with Gasteiger partial charge in [0.2, 0.25) is 0 Å². The van der Waals surface area contributed by atoms with Crippen molar-refractivity contribution in [1.82, 2.24) is 5.32 Å². The minimum absolute atomic E-state index is 0.00267. The lowest BCUT2D eigenvalue weighted by molar-refractivity contribution is -0.892. The van der Waals surface area contributed by atoms with E-state index in [-0.39, 0.29) is 11.8 Å². The first kappa shape index (κ1) is 19.9. The molecule has 0 spiro atoms. The Hall–Kier alpha value is -2.86. The van der Waals surface area contributed by atoms with Crippen LogP contribution in [-0.2, 0) is 4.79 Å². The molecule has 0 radical (unpaired) electrons. The molecule has 1 aliphatic rings. The Morgan fingerprint density at radius 2 is 1.71 bits per heavy atom. The van der Waals surface area contributed by atoms with Crippen molar-refractivity contribution in [1.29, 1.82) is 0 Å². The molecule has 6 heteroatoms. The highest BCUT2D eigenvalue weighted by Crippen LogP contribution is 2.22. The van der Waals surface area contributed by atoms with Crippen molar-refractivity contribution >= 4 is 23.2 Å². The van der Waals surface area contributed by atoms with Crippen LogP contribution in [0.4, 0.5) is 11.4 Å². The number of benzene rings is 2. The maximum Gasteiger partial charge on any atom is 0.279 e. The van der Waals surface area contributed by atoms with Crippen molar-refractivity contribution in [2.24, 2.45) is 0 Å². The summed E-state index contributed by atoms with van der Waals surface area (Å²) in [6.07, 6.45) is 0. The van der Waals surface area contributed by atoms with Crippen LogP contribution in [0.25, 0.3) is 0 Å². The lowest BCUT2D eigenvalue weighted by Crippen LogP contribution is -3.15. The molecule has 28 heavy (non-hydrogen) atoms. The number of anilines is 2. The second kappa shape index (κ2) is 8.89. The van der Waals surface area contributed by atoms with Gasteiger partial charge in [0.05, 0.1) is 26.2 Å². The maximum atomic E-state index is 12.4. The Morgan fingerprint density at radius 1 is 1.04 bits per heavy atom. The number of carbonyl (C=O) groups is 2. The van der Waals surface area contributed by atoms with E-state index in [1.807, 2.05) is 0 Å². The summed E-state index contributed by atoms with van der Waals surface area (Å²) in [5.41, 5.74) is 5.25. The normalized spacial score (nSPS) is 14.6. The van der Waals surface area contributed by atoms with Gasteiger partial charge < -0.3 is 20.4 Å². The van der Waals surface area contributed by atoms with Crippen LogP contribution in [0.3, 0.4) is 0 Å². The van der Waals surface area contributed by atoms with Gasteiger partial charge in [0.1, 0.15) is 0 Å². The highest BCUT2D eigenvalue weighted by molar-refractivity contribution is 5.95. The topological polar surface area (TPSA) is 65.9 Å². The monoisotopic (exact) mass is 381 g/mol. The van der Waals surface area contributed by atoms with Crippen molar-refractivity contribution in [2.45, 2.75) is 13.8 Å². The molecular weight excluding hydrogens is 352 g/mol. The molecule has 1 fully saturated rings. The zero-order valence-corrected chi connectivity index (χ0v) is 16.8. The zero-order chi connectivity index (χ0) is 20.1. The summed E-state index contributed by atoms with van der Waals surface area (Å²) in [5, 5.41) is 5.51. The van der Waals surface area contributed by atoms with E-state index in [0.29, 0.717) is 17.8 Å². The van der Waals surface area contributed by atoms with Crippen LogP contribution in [0.15, 0.2) is 42.5 Å². The molecule has 3 rings (SSSR count). The summed E-state index contributed by atoms with van der Waals surface area (Å²) in [7, 11) is 1.60. The standard InChI is InChI=1S/C22H28N4O2/c1-16-5-4-6-20(17(16)2)26-13-11-25(12-14-26)15-21(27)24-19-9-7-18(8-10-19)22(28)23-3/h4-10H,11-15H2,1-3H3,(H,23,28)(H,24,27)/p+1. The summed E-state index contributed by atoms with van der Waals surface area (Å²) >= 11 is 0. The molecule has 0 saturated carbocycles. The van der Waals surface area contributed by atoms with Gasteiger partial charge >= 0.3 is 0 Å². The summed E-state index contributed by atoms with van der Waals surface area (Å²) in [5.74, 6) is -0.132. The van der Waals surface area contributed by atoms with E-state index in [4.69, 9.17) is 0 Å². The third kappa shape index (κ3) is 4.70. The van der Waals surface area contributed by atoms with Crippen LogP contribution in [0, 0.1) is 13.8 Å². The molecule has 1 aliphatic heterocycles. The van der Waals surface area contributed by atoms with Crippen LogP contribution >= 0.6 is 0 Å². The molecule has 2 aromatic rings. The van der Waals surface area contributed by atoms with E-state index < -0.39 is 0 Å². The first-order chi connectivity index (χ1) is 13.5. The van der Waals surface area contributed by atoms with Gasteiger partial charge in [-0.25, -0.2) is 0 Å². The number of hydrogen-bond donors (Lipinski definition) is 3. The minimum Gasteiger partial charge on any atom is -0.360 e. The first-order valence-corrected chi connectivity index (χ1v) is 9.74. The highest BCUT2D eigenvalue weighted by atomic mass is 16.2. The van der Waals surface area contributed by atoms with Gasteiger partial charge in [-0.15, -0.1) is 0 Å². The number of rotatable bonds is 5. The molecule has 0 unspecified atom stereocenters. The van der Waals surface area contributed by atoms with Crippen molar-refractivity contribution in [3.05, 3.63) is 59.2 Å². The van der Waals surface area contributed by atoms with E-state index in [2.05, 4.69) is 47.6 Å². The fourth-order valence-electron chi connectivity index (χ4n) is 3.60. The lowest BCUT2D eigenvalue weighted by Gasteiger charge is -2.34. The summed E-state index contributed by atoms with van der Waals surface area (Å²) in [6, 6.07) is 13.4. The van der Waals surface area contributed by atoms with Crippen LogP contribution in [0.5, 0.6) is 0 Å². The summed E-state index contributed by atoms with van der Waals surface area (Å²) in [6.45, 7) is 8.56. The van der Waals surface area contributed by atoms with Gasteiger partial charge in [0.15, 0.2) is 6.54 Å². The predicted octanol–water partition coefficient (Wildman–Crippen LogP) is 1.01. The Balaban J connectivity index is 1.50. The van der Waals surface area contributed by atoms with Crippen molar-refractivity contribution < 1.29 is 14.5 Å². The van der Waals surface area contributed by atoms with Gasteiger partial charge in [0.25, 0.3) is 11.8 Å². The quantitative estimate of drug-likeness (QED) is 0.724. The van der Waals surface area contributed by atoms with E-state index in [0.717, 1.165) is 26.2 Å². The van der Waals surface area contributed by atoms with Crippen molar-refractivity contribution in [3.8, 4) is 0 Å². The molecular formula is C22H29N4O2+. The van der Waals surface area contributed by atoms with Gasteiger partial charge in [0, 0.05) is 24.0 Å². The molecule has 3 N–H and O–H groups in total. The van der Waals surface area contributed by atoms with E-state index in [1.165, 1.54) is 21.7 Å². The van der Waals surface area contributed by atoms with Crippen LogP contribution in [0.2, 0.25) is 0 Å². The number of amides is 2. The minimum atomic E-state index is -0.135. The molecule has 1 saturated heterocycles. The molecule has 0 aromatic heterocycles. The Bertz CT molecular complexity index is 840. The van der Waals surface area contributed by atoms with Gasteiger partial charge in [-0.3, -0.25) is 9.59 Å². The molecule has 0 aliphatic carbocycles. The Labute approximate surface area is 166 Å². The lowest BCUT2D eigenvalue weighted by atomic mass is 10.1. The SMILES string of the molecule is CNC(=O)c1ccc(NC(=O)C[NH+]2CCN(c3cccc(C)c3C)CC2)cc1. The number of quaternary nitrogens is 1. The number of piperazine rings is 1. The summed E-state index contributed by atoms with van der Waals surface area (Å²) < 4.78 is 0. The predicted molar refractivity (Wildman–Crippen MR) is 112 cm³/mol. The molecule has 6 nitrogen and oxygen atoms in total. The zero-order valence-electron chi connectivity index (χ0n) is 16.8. The smallest absolute Gasteiger partial charge is 0.279 e. The average molecular weight is 382 g/mol. The number of aryl methyl sites for hydroxylation is 1. The highest BCUT2D eigenvalue weighted by Gasteiger charge is 2.23. The molecule has 2 aromatic carbocycles. The number of carbonyl (C=O) groups excluding carboxylic acids is 2. The van der Waals surface area contributed by atoms with E-state index in [9.17, 15) is 9.59 Å². The second-order valence-corrected chi connectivity index (χ2v) is 7.34. The first-order valence-electron chi connectivity index (χ1n) is 9.74. The van der Waals surface area contributed by atoms with Crippen molar-refractivity contribution in [2.75, 3.05) is 50.0 Å². The molecule has 148 valence electrons. The second-order valence-electron chi connectivity index (χ2n) is 7.34. The third-order valence-corrected chi connectivity index (χ3v) is 5.46. The number of nitrogens with zero attached hydrogens (tertiary/aromatic N) is 1. The average Bonchev–Trinajstić information content (AvgIpc) is 2.71. The van der Waals surface area contributed by atoms with Crippen LogP contribution < -0.4 is 20.4 Å². The van der Waals surface area contributed by atoms with E-state index in [1.54, 1.807) is 31.3 Å². The summed E-state index contributed by atoms with van der Waals surface area (Å²) in [4.78, 5) is 27.7. The van der Waals surface area contributed by atoms with Crippen LogP contribution in [-0.4, -0.2) is 51.6 Å². The molecule has 1 heterocycles. The largest absolute Gasteiger partial charge is 0.360 e. The maximum absolute atomic E-state index is 12.4. The Morgan fingerprint density at radius 3 is 2.36 bits per heavy atom.